The van der Waals surface area contributed by atoms with Crippen LogP contribution in [0.4, 0.5) is 8.78 Å². The Bertz CT molecular complexity index is 1490. The molecule has 5 rings (SSSR count). The lowest BCUT2D eigenvalue weighted by atomic mass is 9.95. The van der Waals surface area contributed by atoms with E-state index < -0.39 is 11.6 Å². The Morgan fingerprint density at radius 2 is 1.88 bits per heavy atom. The molecule has 0 bridgehead atoms. The Kier molecular flexibility index (Phi) is 5.37. The van der Waals surface area contributed by atoms with Gasteiger partial charge in [0, 0.05) is 41.6 Å². The van der Waals surface area contributed by atoms with Crippen LogP contribution in [0.15, 0.2) is 48.7 Å². The number of halogens is 2. The van der Waals surface area contributed by atoms with Gasteiger partial charge in [-0.2, -0.15) is 5.10 Å². The van der Waals surface area contributed by atoms with Crippen LogP contribution in [0.3, 0.4) is 0 Å². The van der Waals surface area contributed by atoms with Crippen LogP contribution in [0.2, 0.25) is 0 Å². The molecule has 7 heteroatoms. The molecule has 4 nitrogen and oxygen atoms in total. The number of hydrogen-bond acceptors (Lipinski definition) is 4. The monoisotopic (exact) mass is 461 g/mol. The zero-order chi connectivity index (χ0) is 23.3. The number of Topliss-reactive ketones (excluding diaryl/α,β-unsaturated/α-hetero) is 1. The third kappa shape index (κ3) is 3.97. The fourth-order valence-corrected chi connectivity index (χ4v) is 4.46. The van der Waals surface area contributed by atoms with E-state index in [1.807, 2.05) is 31.2 Å². The number of nitrogens with zero attached hydrogens (tertiary/aromatic N) is 3. The number of rotatable bonds is 5. The average molecular weight is 462 g/mol. The lowest BCUT2D eigenvalue weighted by Crippen LogP contribution is -2.04. The molecule has 0 aliphatic heterocycles. The number of pyridine rings is 1. The molecule has 4 aromatic rings. The van der Waals surface area contributed by atoms with Crippen molar-refractivity contribution in [2.24, 2.45) is 13.0 Å². The second-order valence-electron chi connectivity index (χ2n) is 8.64. The third-order valence-electron chi connectivity index (χ3n) is 6.23. The predicted octanol–water partition coefficient (Wildman–Crippen LogP) is 6.60. The fourth-order valence-electron chi connectivity index (χ4n) is 4.20. The molecule has 0 atom stereocenters. The van der Waals surface area contributed by atoms with Crippen molar-refractivity contribution in [3.8, 4) is 22.4 Å². The van der Waals surface area contributed by atoms with Crippen molar-refractivity contribution in [1.82, 2.24) is 14.8 Å². The van der Waals surface area contributed by atoms with E-state index in [-0.39, 0.29) is 17.0 Å². The van der Waals surface area contributed by atoms with E-state index in [2.05, 4.69) is 10.2 Å². The molecule has 33 heavy (non-hydrogen) atoms. The number of hydrogen-bond donors (Lipinski definition) is 0. The van der Waals surface area contributed by atoms with Crippen LogP contribution < -0.4 is 0 Å². The smallest absolute Gasteiger partial charge is 0.163 e. The standard InChI is InChI=1S/C26H21F2N3OS/c1-14-3-6-16(23(32)9-15-4-5-15)10-20(14)21-11-17-13-29-30-24(25(17)31(2)26(21)33)19-8-7-18(27)12-22(19)28/h3,6-8,10-13,15H,4-5,9H2,1-2H3. The summed E-state index contributed by atoms with van der Waals surface area (Å²) in [6.07, 6.45) is 4.42. The summed E-state index contributed by atoms with van der Waals surface area (Å²) < 4.78 is 30.3. The molecular weight excluding hydrogens is 440 g/mol. The van der Waals surface area contributed by atoms with Gasteiger partial charge in [0.05, 0.1) is 11.7 Å². The van der Waals surface area contributed by atoms with Crippen LogP contribution in [0, 0.1) is 29.1 Å². The van der Waals surface area contributed by atoms with E-state index in [0.29, 0.717) is 33.4 Å². The summed E-state index contributed by atoms with van der Waals surface area (Å²) in [6, 6.07) is 11.0. The zero-order valence-electron chi connectivity index (χ0n) is 18.2. The first-order valence-corrected chi connectivity index (χ1v) is 11.2. The number of benzene rings is 2. The summed E-state index contributed by atoms with van der Waals surface area (Å²) >= 11 is 5.79. The van der Waals surface area contributed by atoms with E-state index >= 15 is 0 Å². The van der Waals surface area contributed by atoms with Gasteiger partial charge in [-0.3, -0.25) is 4.79 Å². The second kappa shape index (κ2) is 8.23. The number of carbonyl (C=O) groups is 1. The van der Waals surface area contributed by atoms with Gasteiger partial charge in [0.15, 0.2) is 5.78 Å². The molecule has 1 aliphatic rings. The van der Waals surface area contributed by atoms with Crippen molar-refractivity contribution >= 4 is 28.9 Å². The molecular formula is C26H21F2N3OS. The lowest BCUT2D eigenvalue weighted by Gasteiger charge is -2.15. The van der Waals surface area contributed by atoms with Gasteiger partial charge in [0.25, 0.3) is 0 Å². The van der Waals surface area contributed by atoms with Crippen LogP contribution in [0.1, 0.15) is 35.2 Å². The number of carbonyl (C=O) groups excluding carboxylic acids is 1. The summed E-state index contributed by atoms with van der Waals surface area (Å²) in [6.45, 7) is 1.98. The summed E-state index contributed by atoms with van der Waals surface area (Å²) in [5.41, 5.74) is 4.38. The molecule has 1 aliphatic carbocycles. The molecule has 0 unspecified atom stereocenters. The summed E-state index contributed by atoms with van der Waals surface area (Å²) in [5.74, 6) is -0.718. The van der Waals surface area contributed by atoms with Crippen molar-refractivity contribution in [2.75, 3.05) is 0 Å². The van der Waals surface area contributed by atoms with Crippen LogP contribution in [-0.2, 0) is 7.05 Å². The minimum Gasteiger partial charge on any atom is -0.333 e. The number of aryl methyl sites for hydroxylation is 2. The molecule has 2 aromatic heterocycles. The second-order valence-corrected chi connectivity index (χ2v) is 9.03. The van der Waals surface area contributed by atoms with Crippen molar-refractivity contribution in [3.63, 3.8) is 0 Å². The first kappa shape index (κ1) is 21.5. The van der Waals surface area contributed by atoms with Gasteiger partial charge < -0.3 is 4.57 Å². The van der Waals surface area contributed by atoms with Crippen molar-refractivity contribution < 1.29 is 13.6 Å². The minimum absolute atomic E-state index is 0.148. The van der Waals surface area contributed by atoms with Crippen LogP contribution >= 0.6 is 12.2 Å². The number of ketones is 1. The summed E-state index contributed by atoms with van der Waals surface area (Å²) in [7, 11) is 1.79. The number of aromatic nitrogens is 3. The molecule has 0 saturated heterocycles. The van der Waals surface area contributed by atoms with E-state index in [9.17, 15) is 13.6 Å². The third-order valence-corrected chi connectivity index (χ3v) is 6.72. The lowest BCUT2D eigenvalue weighted by molar-refractivity contribution is 0.0976. The highest BCUT2D eigenvalue weighted by Gasteiger charge is 2.25. The summed E-state index contributed by atoms with van der Waals surface area (Å²) in [4.78, 5) is 12.7. The Morgan fingerprint density at radius 3 is 2.61 bits per heavy atom. The van der Waals surface area contributed by atoms with E-state index in [4.69, 9.17) is 12.2 Å². The highest BCUT2D eigenvalue weighted by atomic mass is 32.1. The van der Waals surface area contributed by atoms with Crippen molar-refractivity contribution in [3.05, 3.63) is 76.1 Å². The maximum atomic E-state index is 14.5. The van der Waals surface area contributed by atoms with Crippen molar-refractivity contribution in [1.29, 1.82) is 0 Å². The van der Waals surface area contributed by atoms with Gasteiger partial charge in [0.1, 0.15) is 22.0 Å². The molecule has 0 radical (unpaired) electrons. The molecule has 1 fully saturated rings. The maximum absolute atomic E-state index is 14.5. The van der Waals surface area contributed by atoms with Gasteiger partial charge in [-0.15, -0.1) is 5.10 Å². The Labute approximate surface area is 194 Å². The van der Waals surface area contributed by atoms with E-state index in [0.717, 1.165) is 35.6 Å². The first-order chi connectivity index (χ1) is 15.8. The zero-order valence-corrected chi connectivity index (χ0v) is 19.0. The Morgan fingerprint density at radius 1 is 1.09 bits per heavy atom. The van der Waals surface area contributed by atoms with Crippen molar-refractivity contribution in [2.45, 2.75) is 26.2 Å². The molecule has 0 amide bonds. The van der Waals surface area contributed by atoms with Gasteiger partial charge >= 0.3 is 0 Å². The van der Waals surface area contributed by atoms with E-state index in [1.54, 1.807) is 17.8 Å². The Hall–Kier alpha value is -3.32. The molecule has 0 N–H and O–H groups in total. The SMILES string of the molecule is Cc1ccc(C(=O)CC2CC2)cc1-c1cc2cnnc(-c3ccc(F)cc3F)c2n(C)c1=S. The first-order valence-electron chi connectivity index (χ1n) is 10.8. The van der Waals surface area contributed by atoms with Crippen LogP contribution in [0.25, 0.3) is 33.3 Å². The van der Waals surface area contributed by atoms with Gasteiger partial charge in [-0.1, -0.05) is 24.4 Å². The summed E-state index contributed by atoms with van der Waals surface area (Å²) in [5, 5.41) is 8.90. The topological polar surface area (TPSA) is 47.8 Å². The highest BCUT2D eigenvalue weighted by molar-refractivity contribution is 7.71. The normalized spacial score (nSPS) is 13.5. The molecule has 2 aromatic carbocycles. The van der Waals surface area contributed by atoms with E-state index in [1.165, 1.54) is 12.1 Å². The molecule has 0 spiro atoms. The highest BCUT2D eigenvalue weighted by Crippen LogP contribution is 2.36. The molecule has 2 heterocycles. The van der Waals surface area contributed by atoms with Crippen LogP contribution in [-0.4, -0.2) is 20.5 Å². The molecule has 1 saturated carbocycles. The maximum Gasteiger partial charge on any atom is 0.163 e. The number of fused-ring (bicyclic) bond motifs is 1. The van der Waals surface area contributed by atoms with Gasteiger partial charge in [-0.25, -0.2) is 8.78 Å². The van der Waals surface area contributed by atoms with Gasteiger partial charge in [0.2, 0.25) is 0 Å². The van der Waals surface area contributed by atoms with Crippen LogP contribution in [0.5, 0.6) is 0 Å². The fraction of sp³-hybridized carbons (Fsp3) is 0.231. The predicted molar refractivity (Wildman–Crippen MR) is 127 cm³/mol. The quantitative estimate of drug-likeness (QED) is 0.248. The van der Waals surface area contributed by atoms with Gasteiger partial charge in [-0.05, 0) is 61.1 Å². The molecule has 166 valence electrons. The largest absolute Gasteiger partial charge is 0.333 e. The Balaban J connectivity index is 1.68. The average Bonchev–Trinajstić information content (AvgIpc) is 3.60. The minimum atomic E-state index is -0.718.